The van der Waals surface area contributed by atoms with Gasteiger partial charge in [0.1, 0.15) is 46.0 Å². The van der Waals surface area contributed by atoms with Crippen molar-refractivity contribution in [1.82, 2.24) is 0 Å². The number of phenolic OH excluding ortho intramolecular Hbond substituents is 4. The third-order valence-corrected chi connectivity index (χ3v) is 17.4. The largest absolute Gasteiger partial charge is 0.508 e. The quantitative estimate of drug-likeness (QED) is 0.0111. The fraction of sp³-hybridized carbons (Fsp3) is 0.290. The first-order chi connectivity index (χ1) is 51.7. The molecule has 16 heteroatoms. The van der Waals surface area contributed by atoms with E-state index >= 15 is 0 Å². The number of phenols is 4. The molecule has 8 N–H and O–H groups in total. The zero-order valence-corrected chi connectivity index (χ0v) is 66.7. The van der Waals surface area contributed by atoms with Crippen molar-refractivity contribution >= 4 is 70.2 Å². The molecule has 8 aromatic carbocycles. The van der Waals surface area contributed by atoms with Crippen molar-refractivity contribution in [3.63, 3.8) is 0 Å². The molecular formula is C93H112N4O12. The van der Waals surface area contributed by atoms with Crippen LogP contribution in [-0.4, -0.2) is 96.2 Å². The highest BCUT2D eigenvalue weighted by Gasteiger charge is 2.26. The maximum atomic E-state index is 12.6. The van der Waals surface area contributed by atoms with Crippen LogP contribution in [0.1, 0.15) is 189 Å². The second-order valence-corrected chi connectivity index (χ2v) is 28.0. The number of anilines is 4. The van der Waals surface area contributed by atoms with E-state index in [9.17, 15) is 39.6 Å². The molecule has 109 heavy (non-hydrogen) atoms. The normalized spacial score (nSPS) is 11.5. The molecule has 16 nitrogen and oxygen atoms in total. The molecule has 0 spiro atoms. The van der Waals surface area contributed by atoms with Crippen LogP contribution in [0, 0.1) is 0 Å². The van der Waals surface area contributed by atoms with Crippen LogP contribution < -0.4 is 40.2 Å². The average molecular weight is 1480 g/mol. The number of aromatic hydroxyl groups is 4. The number of rotatable bonds is 32. The van der Waals surface area contributed by atoms with E-state index in [1.54, 1.807) is 115 Å². The third-order valence-electron chi connectivity index (χ3n) is 17.4. The monoisotopic (exact) mass is 1480 g/mol. The van der Waals surface area contributed by atoms with Crippen molar-refractivity contribution in [3.8, 4) is 46.0 Å². The van der Waals surface area contributed by atoms with Gasteiger partial charge in [-0.2, -0.15) is 0 Å². The predicted molar refractivity (Wildman–Crippen MR) is 452 cm³/mol. The van der Waals surface area contributed by atoms with E-state index in [1.165, 1.54) is 18.2 Å². The van der Waals surface area contributed by atoms with E-state index in [0.29, 0.717) is 58.1 Å². The summed E-state index contributed by atoms with van der Waals surface area (Å²) < 4.78 is 23.3. The Labute approximate surface area is 646 Å². The van der Waals surface area contributed by atoms with Crippen molar-refractivity contribution in [2.75, 3.05) is 49.5 Å². The number of ether oxygens (including phenoxy) is 4. The highest BCUT2D eigenvalue weighted by molar-refractivity contribution is 6.09. The summed E-state index contributed by atoms with van der Waals surface area (Å²) in [6.07, 6.45) is 22.4. The molecule has 576 valence electrons. The first kappa shape index (κ1) is 87.9. The first-order valence-corrected chi connectivity index (χ1v) is 36.7. The molecule has 0 aliphatic heterocycles. The topological polar surface area (TPSA) is 234 Å². The molecule has 0 saturated carbocycles. The second-order valence-electron chi connectivity index (χ2n) is 28.0. The minimum Gasteiger partial charge on any atom is -0.508 e. The Morgan fingerprint density at radius 2 is 0.670 bits per heavy atom. The van der Waals surface area contributed by atoms with Gasteiger partial charge in [0.25, 0.3) is 0 Å². The van der Waals surface area contributed by atoms with Gasteiger partial charge in [0.2, 0.25) is 0 Å². The maximum absolute atomic E-state index is 12.6. The number of allylic oxidation sites excluding steroid dienone is 8. The molecule has 0 atom stereocenters. The Bertz CT molecular complexity index is 4520. The molecule has 0 aromatic heterocycles. The van der Waals surface area contributed by atoms with Crippen LogP contribution in [0.25, 0.3) is 24.3 Å². The number of hydrogen-bond donors (Lipinski definition) is 8. The van der Waals surface area contributed by atoms with Crippen molar-refractivity contribution in [3.05, 3.63) is 274 Å². The molecule has 0 radical (unpaired) electrons. The molecule has 0 amide bonds. The van der Waals surface area contributed by atoms with Gasteiger partial charge in [0, 0.05) is 136 Å². The minimum atomic E-state index is -0.421. The molecule has 0 bridgehead atoms. The van der Waals surface area contributed by atoms with Crippen LogP contribution in [0.5, 0.6) is 46.0 Å². The van der Waals surface area contributed by atoms with Crippen LogP contribution in [0.2, 0.25) is 0 Å². The lowest BCUT2D eigenvalue weighted by molar-refractivity contribution is 0.103. The standard InChI is InChI=1S/C24H31NO3.C24H29NO3.C23H27NO3.C22H25NO3/c2*1-7-24(4,5)20-14-18(23(15-22(20)27)28-16(2)3)10-13-21(26)17-8-11-19(25-6)12-9-17;1-5-6-7-18-14-19(23(15-22(18)26)27-16(2)3)10-13-21(25)17-8-11-20(24-4)12-9-17;1-5-6-17-13-18(22(14-21(17)25)26-15(2)3)9-12-20(24)16-7-10-19(23-4)11-8-16/h8-16,25,27H,7H2,1-6H3;7-16,25,27H,1H2,2-6H3;5-6,8-16,24,26H,7H2,1-4H3;5,7-15,23,25H,1,6H2,2-4H3. The van der Waals surface area contributed by atoms with Crippen molar-refractivity contribution in [2.45, 2.75) is 151 Å². The van der Waals surface area contributed by atoms with Crippen LogP contribution in [0.15, 0.2) is 207 Å². The maximum Gasteiger partial charge on any atom is 0.185 e. The van der Waals surface area contributed by atoms with Crippen molar-refractivity contribution in [1.29, 1.82) is 0 Å². The molecule has 0 unspecified atom stereocenters. The molecular weight excluding hydrogens is 1370 g/mol. The van der Waals surface area contributed by atoms with Gasteiger partial charge in [-0.05, 0) is 268 Å². The fourth-order valence-electron chi connectivity index (χ4n) is 10.7. The number of ketones is 4. The Kier molecular flexibility index (Phi) is 34.3. The summed E-state index contributed by atoms with van der Waals surface area (Å²) in [7, 11) is 7.34. The number of nitrogens with one attached hydrogen (secondary N) is 4. The van der Waals surface area contributed by atoms with Gasteiger partial charge in [-0.1, -0.05) is 58.9 Å². The summed E-state index contributed by atoms with van der Waals surface area (Å²) in [6.45, 7) is 35.1. The summed E-state index contributed by atoms with van der Waals surface area (Å²) in [6, 6.07) is 43.1. The molecule has 0 fully saturated rings. The summed E-state index contributed by atoms with van der Waals surface area (Å²) >= 11 is 0. The van der Waals surface area contributed by atoms with E-state index in [4.69, 9.17) is 18.9 Å². The van der Waals surface area contributed by atoms with Gasteiger partial charge in [0.15, 0.2) is 23.1 Å². The Morgan fingerprint density at radius 1 is 0.404 bits per heavy atom. The second kappa shape index (κ2) is 42.5. The summed E-state index contributed by atoms with van der Waals surface area (Å²) in [5, 5.41) is 53.5. The van der Waals surface area contributed by atoms with Crippen LogP contribution in [0.4, 0.5) is 22.7 Å². The van der Waals surface area contributed by atoms with E-state index < -0.39 is 5.41 Å². The smallest absolute Gasteiger partial charge is 0.185 e. The SMILES string of the molecule is C=CC(C)(C)c1cc(C=CC(=O)c2ccc(NC)cc2)c(OC(C)C)cc1O.C=CCc1cc(C=CC(=O)c2ccc(NC)cc2)c(OC(C)C)cc1O.CC=CCc1cc(C=CC(=O)c2ccc(NC)cc2)c(OC(C)C)cc1O.CCC(C)(C)c1cc(C=CC(=O)c2ccc(NC)cc2)c(OC(C)C)cc1O. The highest BCUT2D eigenvalue weighted by Crippen LogP contribution is 2.41. The summed E-state index contributed by atoms with van der Waals surface area (Å²) in [5.41, 5.74) is 11.8. The predicted octanol–water partition coefficient (Wildman–Crippen LogP) is 21.5. The Hall–Kier alpha value is -11.8. The summed E-state index contributed by atoms with van der Waals surface area (Å²) in [5.74, 6) is 2.54. The van der Waals surface area contributed by atoms with E-state index in [1.807, 2.05) is 189 Å². The van der Waals surface area contributed by atoms with Gasteiger partial charge in [-0.3, -0.25) is 19.2 Å². The van der Waals surface area contributed by atoms with Gasteiger partial charge in [-0.25, -0.2) is 0 Å². The van der Waals surface area contributed by atoms with Crippen LogP contribution in [-0.2, 0) is 23.7 Å². The third kappa shape index (κ3) is 27.2. The van der Waals surface area contributed by atoms with Crippen LogP contribution >= 0.6 is 0 Å². The van der Waals surface area contributed by atoms with Gasteiger partial charge in [-0.15, -0.1) is 13.2 Å². The minimum absolute atomic E-state index is 0.0391. The Balaban J connectivity index is 0.000000260. The molecule has 8 rings (SSSR count). The van der Waals surface area contributed by atoms with Crippen molar-refractivity contribution in [2.24, 2.45) is 0 Å². The highest BCUT2D eigenvalue weighted by atomic mass is 16.5. The number of hydrogen-bond acceptors (Lipinski definition) is 16. The van der Waals surface area contributed by atoms with Gasteiger partial charge < -0.3 is 60.6 Å². The van der Waals surface area contributed by atoms with Gasteiger partial charge in [0.05, 0.1) is 24.4 Å². The van der Waals surface area contributed by atoms with E-state index in [2.05, 4.69) is 55.2 Å². The molecule has 0 aliphatic carbocycles. The molecule has 0 aliphatic rings. The lowest BCUT2D eigenvalue weighted by Crippen LogP contribution is -2.16. The summed E-state index contributed by atoms with van der Waals surface area (Å²) in [4.78, 5) is 50.0. The fourth-order valence-corrected chi connectivity index (χ4v) is 10.7. The Morgan fingerprint density at radius 3 is 0.927 bits per heavy atom. The lowest BCUT2D eigenvalue weighted by Gasteiger charge is -2.26. The molecule has 0 saturated heterocycles. The number of benzene rings is 8. The molecule has 0 heterocycles. The zero-order chi connectivity index (χ0) is 80.7. The first-order valence-electron chi connectivity index (χ1n) is 36.7. The lowest BCUT2D eigenvalue weighted by atomic mass is 9.81. The van der Waals surface area contributed by atoms with E-state index in [-0.39, 0.29) is 76.0 Å². The number of carbonyl (C=O) groups excluding carboxylic acids is 4. The number of carbonyl (C=O) groups is 4. The van der Waals surface area contributed by atoms with Gasteiger partial charge >= 0.3 is 0 Å². The van der Waals surface area contributed by atoms with E-state index in [0.717, 1.165) is 73.7 Å². The van der Waals surface area contributed by atoms with Crippen LogP contribution in [0.3, 0.4) is 0 Å². The zero-order valence-electron chi connectivity index (χ0n) is 66.7. The average Bonchev–Trinajstić information content (AvgIpc) is 0.801. The molecule has 8 aromatic rings. The van der Waals surface area contributed by atoms with Crippen molar-refractivity contribution < 1.29 is 58.6 Å².